The summed E-state index contributed by atoms with van der Waals surface area (Å²) in [4.78, 5) is 7.15. The topological polar surface area (TPSA) is 25.4 Å². The van der Waals surface area contributed by atoms with Crippen LogP contribution in [0.15, 0.2) is 48.5 Å². The molecule has 1 aromatic heterocycles. The maximum atomic E-state index is 5.97. The lowest BCUT2D eigenvalue weighted by molar-refractivity contribution is 0.217. The molecule has 24 heavy (non-hydrogen) atoms. The smallest absolute Gasteiger partial charge is 0.218 e. The average molecular weight is 339 g/mol. The monoisotopic (exact) mass is 338 g/mol. The van der Waals surface area contributed by atoms with Crippen molar-refractivity contribution >= 4 is 22.5 Å². The molecule has 3 aromatic rings. The molecule has 2 heterocycles. The molecule has 1 aliphatic rings. The first-order chi connectivity index (χ1) is 11.7. The number of rotatable bonds is 2. The van der Waals surface area contributed by atoms with E-state index in [0.717, 1.165) is 41.6 Å². The molecule has 0 saturated heterocycles. The van der Waals surface area contributed by atoms with Crippen molar-refractivity contribution < 1.29 is 4.74 Å². The number of halogens is 1. The molecule has 0 atom stereocenters. The van der Waals surface area contributed by atoms with Gasteiger partial charge in [0.25, 0.3) is 0 Å². The van der Waals surface area contributed by atoms with Gasteiger partial charge in [-0.25, -0.2) is 4.98 Å². The third-order valence-electron chi connectivity index (χ3n) is 4.45. The number of aromatic nitrogens is 1. The van der Waals surface area contributed by atoms with Crippen molar-refractivity contribution in [3.05, 3.63) is 70.2 Å². The summed E-state index contributed by atoms with van der Waals surface area (Å²) in [5, 5.41) is 1.94. The third-order valence-corrected chi connectivity index (χ3v) is 4.70. The number of nitrogens with zero attached hydrogens (tertiary/aromatic N) is 2. The Morgan fingerprint density at radius 2 is 2.00 bits per heavy atom. The standard InChI is InChI=1S/C20H19ClN2O/c1-14-3-2-4-16-11-17-13-23(9-10-24-20(17)22-19(14)16)12-15-5-7-18(21)8-6-15/h2-8,11H,9-10,12-13H2,1H3. The van der Waals surface area contributed by atoms with Gasteiger partial charge in [0, 0.05) is 35.6 Å². The predicted molar refractivity (Wildman–Crippen MR) is 97.5 cm³/mol. The van der Waals surface area contributed by atoms with E-state index in [-0.39, 0.29) is 0 Å². The van der Waals surface area contributed by atoms with Crippen LogP contribution in [-0.2, 0) is 13.1 Å². The highest BCUT2D eigenvalue weighted by atomic mass is 35.5. The van der Waals surface area contributed by atoms with Crippen LogP contribution in [0.1, 0.15) is 16.7 Å². The van der Waals surface area contributed by atoms with E-state index in [1.54, 1.807) is 0 Å². The Balaban J connectivity index is 1.63. The van der Waals surface area contributed by atoms with E-state index in [1.165, 1.54) is 16.5 Å². The predicted octanol–water partition coefficient (Wildman–Crippen LogP) is 4.59. The van der Waals surface area contributed by atoms with E-state index < -0.39 is 0 Å². The molecule has 0 amide bonds. The minimum Gasteiger partial charge on any atom is -0.476 e. The van der Waals surface area contributed by atoms with E-state index in [0.29, 0.717) is 6.61 Å². The fourth-order valence-corrected chi connectivity index (χ4v) is 3.31. The highest BCUT2D eigenvalue weighted by Crippen LogP contribution is 2.27. The van der Waals surface area contributed by atoms with Gasteiger partial charge in [-0.15, -0.1) is 0 Å². The fraction of sp³-hybridized carbons (Fsp3) is 0.250. The quantitative estimate of drug-likeness (QED) is 0.683. The molecule has 0 fully saturated rings. The zero-order chi connectivity index (χ0) is 16.5. The molecule has 0 saturated carbocycles. The third kappa shape index (κ3) is 3.10. The van der Waals surface area contributed by atoms with E-state index in [4.69, 9.17) is 21.3 Å². The van der Waals surface area contributed by atoms with Gasteiger partial charge >= 0.3 is 0 Å². The average Bonchev–Trinajstić information content (AvgIpc) is 2.77. The summed E-state index contributed by atoms with van der Waals surface area (Å²) < 4.78 is 5.92. The summed E-state index contributed by atoms with van der Waals surface area (Å²) in [5.41, 5.74) is 4.62. The van der Waals surface area contributed by atoms with Crippen LogP contribution < -0.4 is 4.74 Å². The minimum atomic E-state index is 0.658. The van der Waals surface area contributed by atoms with Crippen LogP contribution >= 0.6 is 11.6 Å². The Morgan fingerprint density at radius 3 is 2.83 bits per heavy atom. The van der Waals surface area contributed by atoms with Crippen molar-refractivity contribution in [2.45, 2.75) is 20.0 Å². The number of ether oxygens (including phenoxy) is 1. The second-order valence-corrected chi connectivity index (χ2v) is 6.72. The van der Waals surface area contributed by atoms with Crippen molar-refractivity contribution in [3.63, 3.8) is 0 Å². The molecule has 0 radical (unpaired) electrons. The van der Waals surface area contributed by atoms with Gasteiger partial charge in [-0.1, -0.05) is 41.9 Å². The first-order valence-electron chi connectivity index (χ1n) is 8.18. The van der Waals surface area contributed by atoms with Crippen LogP contribution in [0, 0.1) is 6.92 Å². The fourth-order valence-electron chi connectivity index (χ4n) is 3.19. The summed E-state index contributed by atoms with van der Waals surface area (Å²) in [6, 6.07) is 16.5. The Kier molecular flexibility index (Phi) is 4.13. The molecule has 0 N–H and O–H groups in total. The van der Waals surface area contributed by atoms with Gasteiger partial charge in [0.05, 0.1) is 5.52 Å². The molecule has 2 aromatic carbocycles. The maximum absolute atomic E-state index is 5.97. The number of para-hydroxylation sites is 1. The van der Waals surface area contributed by atoms with Crippen LogP contribution in [0.25, 0.3) is 10.9 Å². The van der Waals surface area contributed by atoms with Crippen LogP contribution in [0.3, 0.4) is 0 Å². The van der Waals surface area contributed by atoms with Crippen molar-refractivity contribution in [2.75, 3.05) is 13.2 Å². The second kappa shape index (κ2) is 6.42. The number of pyridine rings is 1. The van der Waals surface area contributed by atoms with Crippen molar-refractivity contribution in [2.24, 2.45) is 0 Å². The van der Waals surface area contributed by atoms with Gasteiger partial charge in [0.2, 0.25) is 5.88 Å². The first-order valence-corrected chi connectivity index (χ1v) is 8.56. The molecule has 4 heteroatoms. The van der Waals surface area contributed by atoms with Crippen LogP contribution in [-0.4, -0.2) is 23.0 Å². The number of aryl methyl sites for hydroxylation is 1. The minimum absolute atomic E-state index is 0.658. The van der Waals surface area contributed by atoms with Gasteiger partial charge in [0.15, 0.2) is 0 Å². The Morgan fingerprint density at radius 1 is 1.17 bits per heavy atom. The van der Waals surface area contributed by atoms with Gasteiger partial charge in [-0.05, 0) is 36.2 Å². The molecule has 1 aliphatic heterocycles. The number of hydrogen-bond acceptors (Lipinski definition) is 3. The van der Waals surface area contributed by atoms with Crippen molar-refractivity contribution in [1.29, 1.82) is 0 Å². The molecule has 0 spiro atoms. The Hall–Kier alpha value is -2.10. The maximum Gasteiger partial charge on any atom is 0.218 e. The van der Waals surface area contributed by atoms with Gasteiger partial charge in [-0.3, -0.25) is 4.90 Å². The van der Waals surface area contributed by atoms with E-state index >= 15 is 0 Å². The van der Waals surface area contributed by atoms with Gasteiger partial charge < -0.3 is 4.74 Å². The molecular weight excluding hydrogens is 320 g/mol. The first kappa shape index (κ1) is 15.4. The lowest BCUT2D eigenvalue weighted by Crippen LogP contribution is -2.25. The van der Waals surface area contributed by atoms with Gasteiger partial charge in [0.1, 0.15) is 6.61 Å². The van der Waals surface area contributed by atoms with Crippen molar-refractivity contribution in [3.8, 4) is 5.88 Å². The number of benzene rings is 2. The lowest BCUT2D eigenvalue weighted by atomic mass is 10.1. The summed E-state index contributed by atoms with van der Waals surface area (Å²) >= 11 is 5.97. The lowest BCUT2D eigenvalue weighted by Gasteiger charge is -2.19. The zero-order valence-electron chi connectivity index (χ0n) is 13.6. The largest absolute Gasteiger partial charge is 0.476 e. The normalized spacial score (nSPS) is 14.9. The van der Waals surface area contributed by atoms with E-state index in [2.05, 4.69) is 48.2 Å². The van der Waals surface area contributed by atoms with Crippen LogP contribution in [0.5, 0.6) is 5.88 Å². The second-order valence-electron chi connectivity index (χ2n) is 6.28. The van der Waals surface area contributed by atoms with E-state index in [1.807, 2.05) is 12.1 Å². The molecule has 0 unspecified atom stereocenters. The summed E-state index contributed by atoms with van der Waals surface area (Å²) in [6.07, 6.45) is 0. The SMILES string of the molecule is Cc1cccc2cc3c(nc12)OCCN(Cc1ccc(Cl)cc1)C3. The van der Waals surface area contributed by atoms with Gasteiger partial charge in [-0.2, -0.15) is 0 Å². The summed E-state index contributed by atoms with van der Waals surface area (Å²) in [5.74, 6) is 0.774. The Bertz CT molecular complexity index is 877. The molecule has 0 bridgehead atoms. The molecule has 4 rings (SSSR count). The Labute approximate surface area is 146 Å². The molecular formula is C20H19ClN2O. The highest BCUT2D eigenvalue weighted by Gasteiger charge is 2.18. The number of hydrogen-bond donors (Lipinski definition) is 0. The zero-order valence-corrected chi connectivity index (χ0v) is 14.4. The molecule has 3 nitrogen and oxygen atoms in total. The number of fused-ring (bicyclic) bond motifs is 2. The van der Waals surface area contributed by atoms with Crippen molar-refractivity contribution in [1.82, 2.24) is 9.88 Å². The summed E-state index contributed by atoms with van der Waals surface area (Å²) in [7, 11) is 0. The highest BCUT2D eigenvalue weighted by molar-refractivity contribution is 6.30. The molecule has 122 valence electrons. The molecule has 0 aliphatic carbocycles. The summed E-state index contributed by atoms with van der Waals surface area (Å²) in [6.45, 7) is 5.35. The van der Waals surface area contributed by atoms with Crippen LogP contribution in [0.4, 0.5) is 0 Å². The van der Waals surface area contributed by atoms with Crippen LogP contribution in [0.2, 0.25) is 5.02 Å². The van der Waals surface area contributed by atoms with E-state index in [9.17, 15) is 0 Å².